The SMILES string of the molecule is Cl.O=C(O)c1ccc(Nc2nccc(-c3cccnc3)n2)cc1. The first-order valence-electron chi connectivity index (χ1n) is 6.56. The van der Waals surface area contributed by atoms with Gasteiger partial charge in [-0.25, -0.2) is 14.8 Å². The van der Waals surface area contributed by atoms with Gasteiger partial charge in [0.25, 0.3) is 0 Å². The topological polar surface area (TPSA) is 88.0 Å². The van der Waals surface area contributed by atoms with Crippen LogP contribution in [-0.4, -0.2) is 26.0 Å². The third-order valence-electron chi connectivity index (χ3n) is 3.00. The summed E-state index contributed by atoms with van der Waals surface area (Å²) in [5.41, 5.74) is 2.60. The van der Waals surface area contributed by atoms with E-state index in [1.807, 2.05) is 12.1 Å². The van der Waals surface area contributed by atoms with Crippen molar-refractivity contribution in [2.24, 2.45) is 0 Å². The minimum atomic E-state index is -0.957. The Labute approximate surface area is 138 Å². The van der Waals surface area contributed by atoms with Gasteiger partial charge in [0.15, 0.2) is 0 Å². The van der Waals surface area contributed by atoms with Crippen LogP contribution in [0.2, 0.25) is 0 Å². The molecule has 0 fully saturated rings. The standard InChI is InChI=1S/C16H12N4O2.ClH/c21-15(22)11-3-5-13(6-4-11)19-16-18-9-7-14(20-16)12-2-1-8-17-10-12;/h1-10H,(H,21,22)(H,18,19,20);1H. The molecule has 0 radical (unpaired) electrons. The van der Waals surface area contributed by atoms with E-state index in [0.717, 1.165) is 11.3 Å². The Hall–Kier alpha value is -2.99. The molecule has 0 atom stereocenters. The van der Waals surface area contributed by atoms with Crippen LogP contribution in [0.5, 0.6) is 0 Å². The molecule has 3 rings (SSSR count). The van der Waals surface area contributed by atoms with Gasteiger partial charge < -0.3 is 10.4 Å². The quantitative estimate of drug-likeness (QED) is 0.763. The van der Waals surface area contributed by atoms with E-state index in [9.17, 15) is 4.79 Å². The van der Waals surface area contributed by atoms with Crippen molar-refractivity contribution in [1.82, 2.24) is 15.0 Å². The second-order valence-corrected chi connectivity index (χ2v) is 4.51. The predicted molar refractivity (Wildman–Crippen MR) is 89.2 cm³/mol. The minimum Gasteiger partial charge on any atom is -0.478 e. The van der Waals surface area contributed by atoms with E-state index >= 15 is 0 Å². The Bertz CT molecular complexity index is 795. The Balaban J connectivity index is 0.00000192. The number of carbonyl (C=O) groups is 1. The first-order valence-corrected chi connectivity index (χ1v) is 6.56. The van der Waals surface area contributed by atoms with Crippen molar-refractivity contribution in [3.8, 4) is 11.3 Å². The van der Waals surface area contributed by atoms with Crippen molar-refractivity contribution in [1.29, 1.82) is 0 Å². The molecule has 0 amide bonds. The number of rotatable bonds is 4. The van der Waals surface area contributed by atoms with E-state index < -0.39 is 5.97 Å². The predicted octanol–water partition coefficient (Wildman–Crippen LogP) is 3.40. The van der Waals surface area contributed by atoms with Crippen LogP contribution in [0, 0.1) is 0 Å². The molecule has 116 valence electrons. The fourth-order valence-corrected chi connectivity index (χ4v) is 1.92. The molecule has 0 unspecified atom stereocenters. The average molecular weight is 329 g/mol. The molecular formula is C16H13ClN4O2. The van der Waals surface area contributed by atoms with Gasteiger partial charge in [-0.3, -0.25) is 4.98 Å². The summed E-state index contributed by atoms with van der Waals surface area (Å²) in [6, 6.07) is 11.9. The maximum absolute atomic E-state index is 10.8. The van der Waals surface area contributed by atoms with Crippen molar-refractivity contribution < 1.29 is 9.90 Å². The molecule has 23 heavy (non-hydrogen) atoms. The Kier molecular flexibility index (Phi) is 5.22. The van der Waals surface area contributed by atoms with Crippen molar-refractivity contribution in [2.45, 2.75) is 0 Å². The maximum atomic E-state index is 10.8. The van der Waals surface area contributed by atoms with E-state index in [1.165, 1.54) is 12.1 Å². The minimum absolute atomic E-state index is 0. The molecule has 0 saturated heterocycles. The summed E-state index contributed by atoms with van der Waals surface area (Å²) < 4.78 is 0. The van der Waals surface area contributed by atoms with Gasteiger partial charge in [-0.15, -0.1) is 12.4 Å². The summed E-state index contributed by atoms with van der Waals surface area (Å²) in [6.07, 6.45) is 5.09. The number of aromatic carboxylic acids is 1. The number of anilines is 2. The number of benzene rings is 1. The summed E-state index contributed by atoms with van der Waals surface area (Å²) >= 11 is 0. The molecule has 3 aromatic rings. The van der Waals surface area contributed by atoms with E-state index in [4.69, 9.17) is 5.11 Å². The number of carboxylic acids is 1. The summed E-state index contributed by atoms with van der Waals surface area (Å²) in [6.45, 7) is 0. The highest BCUT2D eigenvalue weighted by Gasteiger charge is 2.04. The number of aromatic nitrogens is 3. The zero-order chi connectivity index (χ0) is 15.4. The lowest BCUT2D eigenvalue weighted by atomic mass is 10.2. The maximum Gasteiger partial charge on any atom is 0.335 e. The number of nitrogens with one attached hydrogen (secondary N) is 1. The van der Waals surface area contributed by atoms with Crippen LogP contribution >= 0.6 is 12.4 Å². The molecule has 0 aliphatic rings. The van der Waals surface area contributed by atoms with Gasteiger partial charge in [0.05, 0.1) is 11.3 Å². The van der Waals surface area contributed by atoms with E-state index in [2.05, 4.69) is 20.3 Å². The second-order valence-electron chi connectivity index (χ2n) is 4.51. The van der Waals surface area contributed by atoms with Crippen molar-refractivity contribution in [2.75, 3.05) is 5.32 Å². The van der Waals surface area contributed by atoms with Gasteiger partial charge in [0.1, 0.15) is 0 Å². The Morgan fingerprint density at radius 3 is 2.48 bits per heavy atom. The molecule has 0 bridgehead atoms. The highest BCUT2D eigenvalue weighted by atomic mass is 35.5. The first kappa shape index (κ1) is 16.4. The molecule has 1 aromatic carbocycles. The lowest BCUT2D eigenvalue weighted by Gasteiger charge is -2.06. The van der Waals surface area contributed by atoms with E-state index in [1.54, 1.807) is 36.8 Å². The van der Waals surface area contributed by atoms with Gasteiger partial charge in [-0.1, -0.05) is 0 Å². The van der Waals surface area contributed by atoms with Crippen LogP contribution in [0.3, 0.4) is 0 Å². The Morgan fingerprint density at radius 1 is 1.04 bits per heavy atom. The fourth-order valence-electron chi connectivity index (χ4n) is 1.92. The van der Waals surface area contributed by atoms with Crippen LogP contribution in [0.15, 0.2) is 61.1 Å². The van der Waals surface area contributed by atoms with Crippen LogP contribution in [-0.2, 0) is 0 Å². The Morgan fingerprint density at radius 2 is 1.83 bits per heavy atom. The van der Waals surface area contributed by atoms with Gasteiger partial charge in [0.2, 0.25) is 5.95 Å². The highest BCUT2D eigenvalue weighted by Crippen LogP contribution is 2.18. The molecule has 2 aromatic heterocycles. The molecule has 6 nitrogen and oxygen atoms in total. The largest absolute Gasteiger partial charge is 0.478 e. The average Bonchev–Trinajstić information content (AvgIpc) is 2.56. The summed E-state index contributed by atoms with van der Waals surface area (Å²) in [5, 5.41) is 11.9. The van der Waals surface area contributed by atoms with Crippen molar-refractivity contribution in [3.63, 3.8) is 0 Å². The molecular weight excluding hydrogens is 316 g/mol. The lowest BCUT2D eigenvalue weighted by molar-refractivity contribution is 0.0697. The number of pyridine rings is 1. The third kappa shape index (κ3) is 4.02. The smallest absolute Gasteiger partial charge is 0.335 e. The molecule has 7 heteroatoms. The molecule has 0 spiro atoms. The van der Waals surface area contributed by atoms with Gasteiger partial charge >= 0.3 is 5.97 Å². The number of halogens is 1. The molecule has 0 aliphatic carbocycles. The summed E-state index contributed by atoms with van der Waals surface area (Å²) in [7, 11) is 0. The fraction of sp³-hybridized carbons (Fsp3) is 0. The van der Waals surface area contributed by atoms with Crippen LogP contribution in [0.4, 0.5) is 11.6 Å². The zero-order valence-corrected chi connectivity index (χ0v) is 12.7. The summed E-state index contributed by atoms with van der Waals surface area (Å²) in [4.78, 5) is 23.5. The number of hydrogen-bond acceptors (Lipinski definition) is 5. The lowest BCUT2D eigenvalue weighted by Crippen LogP contribution is -1.99. The molecule has 2 heterocycles. The van der Waals surface area contributed by atoms with Crippen LogP contribution in [0.1, 0.15) is 10.4 Å². The van der Waals surface area contributed by atoms with Gasteiger partial charge in [-0.2, -0.15) is 0 Å². The van der Waals surface area contributed by atoms with Crippen molar-refractivity contribution >= 4 is 30.0 Å². The number of carboxylic acid groups (broad SMARTS) is 1. The van der Waals surface area contributed by atoms with E-state index in [0.29, 0.717) is 11.6 Å². The highest BCUT2D eigenvalue weighted by molar-refractivity contribution is 5.88. The summed E-state index contributed by atoms with van der Waals surface area (Å²) in [5.74, 6) is -0.522. The monoisotopic (exact) mass is 328 g/mol. The van der Waals surface area contributed by atoms with E-state index in [-0.39, 0.29) is 18.0 Å². The molecule has 0 aliphatic heterocycles. The number of hydrogen-bond donors (Lipinski definition) is 2. The molecule has 0 saturated carbocycles. The third-order valence-corrected chi connectivity index (χ3v) is 3.00. The van der Waals surface area contributed by atoms with Gasteiger partial charge in [0, 0.05) is 29.8 Å². The van der Waals surface area contributed by atoms with Crippen LogP contribution in [0.25, 0.3) is 11.3 Å². The first-order chi connectivity index (χ1) is 10.7. The second kappa shape index (κ2) is 7.33. The zero-order valence-electron chi connectivity index (χ0n) is 11.9. The normalized spacial score (nSPS) is 9.74. The van der Waals surface area contributed by atoms with Gasteiger partial charge in [-0.05, 0) is 42.5 Å². The van der Waals surface area contributed by atoms with Crippen molar-refractivity contribution in [3.05, 3.63) is 66.6 Å². The van der Waals surface area contributed by atoms with Crippen LogP contribution < -0.4 is 5.32 Å². The number of nitrogens with zero attached hydrogens (tertiary/aromatic N) is 3. The molecule has 2 N–H and O–H groups in total.